The van der Waals surface area contributed by atoms with Gasteiger partial charge in [0.1, 0.15) is 19.0 Å². The molecule has 1 N–H and O–H groups in total. The van der Waals surface area contributed by atoms with Crippen LogP contribution in [0.4, 0.5) is 13.2 Å². The van der Waals surface area contributed by atoms with Gasteiger partial charge in [0.05, 0.1) is 6.20 Å². The van der Waals surface area contributed by atoms with Gasteiger partial charge in [-0.1, -0.05) is 0 Å². The molecule has 0 aliphatic heterocycles. The summed E-state index contributed by atoms with van der Waals surface area (Å²) < 4.78 is 45.3. The summed E-state index contributed by atoms with van der Waals surface area (Å²) in [5.41, 5.74) is 0.00520. The van der Waals surface area contributed by atoms with Crippen LogP contribution in [0.2, 0.25) is 0 Å². The molecule has 0 aliphatic rings. The summed E-state index contributed by atoms with van der Waals surface area (Å²) >= 11 is 0. The summed E-state index contributed by atoms with van der Waals surface area (Å²) in [6, 6.07) is 0. The lowest BCUT2D eigenvalue weighted by molar-refractivity contribution is -0.177. The molecule has 0 amide bonds. The van der Waals surface area contributed by atoms with Gasteiger partial charge >= 0.3 is 6.18 Å². The number of ether oxygens (including phenoxy) is 1. The van der Waals surface area contributed by atoms with E-state index in [-0.39, 0.29) is 12.1 Å². The largest absolute Gasteiger partial charge is 0.443 e. The topological polar surface area (TPSA) is 47.3 Å². The lowest BCUT2D eigenvalue weighted by Crippen LogP contribution is -2.37. The molecule has 0 aromatic carbocycles. The van der Waals surface area contributed by atoms with Crippen LogP contribution in [0.3, 0.4) is 0 Å². The van der Waals surface area contributed by atoms with Gasteiger partial charge in [0.15, 0.2) is 5.89 Å². The second kappa shape index (κ2) is 6.38. The lowest BCUT2D eigenvalue weighted by Gasteiger charge is -2.19. The molecule has 1 rings (SSSR count). The number of aromatic nitrogens is 1. The minimum atomic E-state index is -4.32. The van der Waals surface area contributed by atoms with E-state index in [0.29, 0.717) is 24.6 Å². The van der Waals surface area contributed by atoms with Crippen LogP contribution in [0.1, 0.15) is 32.4 Å². The van der Waals surface area contributed by atoms with Crippen LogP contribution in [-0.4, -0.2) is 29.9 Å². The van der Waals surface area contributed by atoms with Crippen LogP contribution in [0.15, 0.2) is 10.6 Å². The molecule has 0 atom stereocenters. The Morgan fingerprint density at radius 3 is 2.58 bits per heavy atom. The molecule has 0 radical (unpaired) electrons. The molecule has 4 nitrogen and oxygen atoms in total. The van der Waals surface area contributed by atoms with Crippen molar-refractivity contribution in [2.24, 2.45) is 0 Å². The van der Waals surface area contributed by atoms with Crippen LogP contribution in [0.5, 0.6) is 0 Å². The van der Waals surface area contributed by atoms with E-state index < -0.39 is 12.8 Å². The van der Waals surface area contributed by atoms with Crippen LogP contribution in [0.25, 0.3) is 0 Å². The number of hydrogen-bond acceptors (Lipinski definition) is 4. The third-order valence-corrected chi connectivity index (χ3v) is 2.11. The van der Waals surface area contributed by atoms with E-state index in [9.17, 15) is 13.2 Å². The van der Waals surface area contributed by atoms with Crippen LogP contribution in [-0.2, 0) is 17.8 Å². The Morgan fingerprint density at radius 2 is 2.00 bits per heavy atom. The third-order valence-electron chi connectivity index (χ3n) is 2.11. The molecule has 1 aromatic rings. The Bertz CT molecular complexity index is 349. The summed E-state index contributed by atoms with van der Waals surface area (Å²) in [6.45, 7) is 5.30. The third kappa shape index (κ3) is 7.84. The summed E-state index contributed by atoms with van der Waals surface area (Å²) in [7, 11) is 0. The van der Waals surface area contributed by atoms with Crippen molar-refractivity contribution in [3.05, 3.63) is 17.8 Å². The minimum Gasteiger partial charge on any atom is -0.443 e. The Balaban J connectivity index is 2.28. The highest BCUT2D eigenvalue weighted by Gasteiger charge is 2.27. The van der Waals surface area contributed by atoms with Gasteiger partial charge in [-0.25, -0.2) is 4.98 Å². The van der Waals surface area contributed by atoms with Gasteiger partial charge in [0, 0.05) is 18.5 Å². The zero-order valence-corrected chi connectivity index (χ0v) is 11.3. The zero-order valence-electron chi connectivity index (χ0n) is 11.3. The van der Waals surface area contributed by atoms with E-state index in [1.807, 2.05) is 20.8 Å². The Kier molecular flexibility index (Phi) is 5.37. The van der Waals surface area contributed by atoms with Gasteiger partial charge < -0.3 is 14.5 Å². The van der Waals surface area contributed by atoms with Crippen molar-refractivity contribution < 1.29 is 22.3 Å². The molecule has 0 fully saturated rings. The number of nitrogens with zero attached hydrogens (tertiary/aromatic N) is 1. The van der Waals surface area contributed by atoms with Crippen LogP contribution in [0, 0.1) is 0 Å². The number of nitrogens with one attached hydrogen (secondary N) is 1. The molecule has 1 aromatic heterocycles. The fourth-order valence-corrected chi connectivity index (χ4v) is 1.34. The molecular weight excluding hydrogens is 261 g/mol. The van der Waals surface area contributed by atoms with Gasteiger partial charge in [0.2, 0.25) is 0 Å². The van der Waals surface area contributed by atoms with Gasteiger partial charge in [-0.15, -0.1) is 0 Å². The standard InChI is InChI=1S/C12H19F3N2O2/c1-11(2,3)17-5-4-10-16-6-9(19-10)7-18-8-12(13,14)15/h6,17H,4-5,7-8H2,1-3H3. The molecule has 19 heavy (non-hydrogen) atoms. The van der Waals surface area contributed by atoms with Gasteiger partial charge in [-0.05, 0) is 20.8 Å². The van der Waals surface area contributed by atoms with Crippen LogP contribution < -0.4 is 5.32 Å². The average molecular weight is 280 g/mol. The molecule has 110 valence electrons. The van der Waals surface area contributed by atoms with E-state index >= 15 is 0 Å². The fourth-order valence-electron chi connectivity index (χ4n) is 1.34. The van der Waals surface area contributed by atoms with Crippen molar-refractivity contribution in [3.63, 3.8) is 0 Å². The summed E-state index contributed by atoms with van der Waals surface area (Å²) in [5.74, 6) is 0.789. The molecule has 7 heteroatoms. The van der Waals surface area contributed by atoms with Crippen molar-refractivity contribution in [2.75, 3.05) is 13.2 Å². The van der Waals surface area contributed by atoms with E-state index in [0.717, 1.165) is 0 Å². The first-order valence-corrected chi connectivity index (χ1v) is 5.99. The summed E-state index contributed by atoms with van der Waals surface area (Å²) in [6.07, 6.45) is -2.35. The molecule has 0 saturated heterocycles. The molecule has 0 unspecified atom stereocenters. The van der Waals surface area contributed by atoms with E-state index in [1.54, 1.807) is 0 Å². The SMILES string of the molecule is CC(C)(C)NCCc1ncc(COCC(F)(F)F)o1. The Hall–Kier alpha value is -1.08. The summed E-state index contributed by atoms with van der Waals surface area (Å²) in [4.78, 5) is 3.98. The monoisotopic (exact) mass is 280 g/mol. The molecule has 1 heterocycles. The molecule has 0 spiro atoms. The Morgan fingerprint density at radius 1 is 1.32 bits per heavy atom. The van der Waals surface area contributed by atoms with E-state index in [2.05, 4.69) is 15.0 Å². The van der Waals surface area contributed by atoms with E-state index in [4.69, 9.17) is 4.42 Å². The number of halogens is 3. The highest BCUT2D eigenvalue weighted by molar-refractivity contribution is 4.93. The molecule has 0 aliphatic carbocycles. The van der Waals surface area contributed by atoms with E-state index in [1.165, 1.54) is 6.20 Å². The van der Waals surface area contributed by atoms with Crippen LogP contribution >= 0.6 is 0 Å². The predicted molar refractivity (Wildman–Crippen MR) is 63.7 cm³/mol. The second-order valence-corrected chi connectivity index (χ2v) is 5.26. The zero-order chi connectivity index (χ0) is 14.5. The highest BCUT2D eigenvalue weighted by Crippen LogP contribution is 2.16. The maximum absolute atomic E-state index is 11.9. The average Bonchev–Trinajstić information content (AvgIpc) is 2.62. The number of oxazole rings is 1. The highest BCUT2D eigenvalue weighted by atomic mass is 19.4. The van der Waals surface area contributed by atoms with Crippen molar-refractivity contribution in [1.29, 1.82) is 0 Å². The molecule has 0 bridgehead atoms. The first-order chi connectivity index (χ1) is 8.66. The second-order valence-electron chi connectivity index (χ2n) is 5.26. The maximum Gasteiger partial charge on any atom is 0.411 e. The van der Waals surface area contributed by atoms with Crippen molar-refractivity contribution in [2.45, 2.75) is 45.5 Å². The first kappa shape index (κ1) is 16.0. The molecular formula is C12H19F3N2O2. The quantitative estimate of drug-likeness (QED) is 0.870. The smallest absolute Gasteiger partial charge is 0.411 e. The lowest BCUT2D eigenvalue weighted by atomic mass is 10.1. The number of hydrogen-bond donors (Lipinski definition) is 1. The van der Waals surface area contributed by atoms with Crippen molar-refractivity contribution >= 4 is 0 Å². The van der Waals surface area contributed by atoms with Gasteiger partial charge in [0.25, 0.3) is 0 Å². The summed E-state index contributed by atoms with van der Waals surface area (Å²) in [5, 5.41) is 3.26. The predicted octanol–water partition coefficient (Wildman–Crippen LogP) is 2.68. The van der Waals surface area contributed by atoms with Crippen molar-refractivity contribution in [3.8, 4) is 0 Å². The minimum absolute atomic E-state index is 0.00520. The normalized spacial score (nSPS) is 12.9. The van der Waals surface area contributed by atoms with Crippen molar-refractivity contribution in [1.82, 2.24) is 10.3 Å². The maximum atomic E-state index is 11.9. The van der Waals surface area contributed by atoms with Gasteiger partial charge in [-0.3, -0.25) is 0 Å². The van der Waals surface area contributed by atoms with Gasteiger partial charge in [-0.2, -0.15) is 13.2 Å². The number of alkyl halides is 3. The first-order valence-electron chi connectivity index (χ1n) is 5.99. The number of rotatable bonds is 6. The Labute approximate surface area is 110 Å². The fraction of sp³-hybridized carbons (Fsp3) is 0.750. The molecule has 0 saturated carbocycles.